The highest BCUT2D eigenvalue weighted by molar-refractivity contribution is 8.00. The SMILES string of the molecule is CCC[C@H]1SCCN1C(=O)c1ccc2c(c1)[nH]c(=O)n2C. The van der Waals surface area contributed by atoms with Gasteiger partial charge in [-0.1, -0.05) is 13.3 Å². The molecular formula is C15H19N3O2S. The minimum Gasteiger partial charge on any atom is -0.326 e. The van der Waals surface area contributed by atoms with Gasteiger partial charge >= 0.3 is 5.69 Å². The summed E-state index contributed by atoms with van der Waals surface area (Å²) in [6.45, 7) is 2.94. The standard InChI is InChI=1S/C15H19N3O2S/c1-3-4-13-18(7-8-21-13)14(19)10-5-6-12-11(9-10)16-15(20)17(12)2/h5-6,9,13H,3-4,7-8H2,1-2H3,(H,16,20)/t13-/m1/s1. The number of H-pyrrole nitrogens is 1. The van der Waals surface area contributed by atoms with Crippen molar-refractivity contribution in [1.82, 2.24) is 14.5 Å². The van der Waals surface area contributed by atoms with Crippen LogP contribution in [0, 0.1) is 0 Å². The summed E-state index contributed by atoms with van der Waals surface area (Å²) in [5.41, 5.74) is 2.02. The summed E-state index contributed by atoms with van der Waals surface area (Å²) < 4.78 is 1.55. The average Bonchev–Trinajstić information content (AvgIpc) is 3.04. The number of hydrogen-bond acceptors (Lipinski definition) is 3. The fourth-order valence-electron chi connectivity index (χ4n) is 2.78. The van der Waals surface area contributed by atoms with Gasteiger partial charge in [-0.25, -0.2) is 4.79 Å². The molecule has 1 saturated heterocycles. The maximum absolute atomic E-state index is 12.7. The van der Waals surface area contributed by atoms with E-state index in [1.807, 2.05) is 28.8 Å². The number of hydrogen-bond donors (Lipinski definition) is 1. The Kier molecular flexibility index (Phi) is 3.80. The summed E-state index contributed by atoms with van der Waals surface area (Å²) in [5, 5.41) is 0.285. The predicted molar refractivity (Wildman–Crippen MR) is 85.7 cm³/mol. The van der Waals surface area contributed by atoms with Crippen LogP contribution >= 0.6 is 11.8 Å². The summed E-state index contributed by atoms with van der Waals surface area (Å²) in [6, 6.07) is 5.42. The molecule has 1 N–H and O–H groups in total. The van der Waals surface area contributed by atoms with Gasteiger partial charge in [-0.15, -0.1) is 11.8 Å². The van der Waals surface area contributed by atoms with Crippen molar-refractivity contribution in [3.05, 3.63) is 34.2 Å². The third kappa shape index (κ3) is 2.48. The number of amides is 1. The van der Waals surface area contributed by atoms with Crippen LogP contribution in [-0.2, 0) is 7.05 Å². The van der Waals surface area contributed by atoms with Crippen LogP contribution in [-0.4, -0.2) is 38.0 Å². The van der Waals surface area contributed by atoms with E-state index in [0.29, 0.717) is 11.1 Å². The number of aryl methyl sites for hydroxylation is 1. The summed E-state index contributed by atoms with van der Waals surface area (Å²) >= 11 is 1.85. The van der Waals surface area contributed by atoms with E-state index in [0.717, 1.165) is 30.7 Å². The van der Waals surface area contributed by atoms with E-state index in [9.17, 15) is 9.59 Å². The Morgan fingerprint density at radius 1 is 1.48 bits per heavy atom. The van der Waals surface area contributed by atoms with Gasteiger partial charge in [0.05, 0.1) is 16.4 Å². The second kappa shape index (κ2) is 5.60. The maximum atomic E-state index is 12.7. The Labute approximate surface area is 127 Å². The average molecular weight is 305 g/mol. The van der Waals surface area contributed by atoms with E-state index in [-0.39, 0.29) is 17.0 Å². The molecule has 0 radical (unpaired) electrons. The molecule has 1 atom stereocenters. The topological polar surface area (TPSA) is 58.1 Å². The first-order valence-electron chi connectivity index (χ1n) is 7.23. The molecule has 1 fully saturated rings. The third-order valence-corrected chi connectivity index (χ3v) is 5.23. The van der Waals surface area contributed by atoms with Crippen LogP contribution in [0.15, 0.2) is 23.0 Å². The van der Waals surface area contributed by atoms with Gasteiger partial charge in [0, 0.05) is 24.9 Å². The first kappa shape index (κ1) is 14.3. The van der Waals surface area contributed by atoms with Crippen molar-refractivity contribution in [2.45, 2.75) is 25.1 Å². The molecule has 1 aliphatic heterocycles. The zero-order valence-corrected chi connectivity index (χ0v) is 13.1. The highest BCUT2D eigenvalue weighted by Gasteiger charge is 2.29. The molecule has 21 heavy (non-hydrogen) atoms. The molecule has 112 valence electrons. The van der Waals surface area contributed by atoms with Crippen LogP contribution in [0.25, 0.3) is 11.0 Å². The third-order valence-electron chi connectivity index (χ3n) is 3.94. The van der Waals surface area contributed by atoms with Gasteiger partial charge in [0.1, 0.15) is 0 Å². The number of nitrogens with one attached hydrogen (secondary N) is 1. The van der Waals surface area contributed by atoms with Crippen LogP contribution in [0.3, 0.4) is 0 Å². The summed E-state index contributed by atoms with van der Waals surface area (Å²) in [4.78, 5) is 29.0. The van der Waals surface area contributed by atoms with Gasteiger partial charge in [0.2, 0.25) is 0 Å². The minimum atomic E-state index is -0.157. The smallest absolute Gasteiger partial charge is 0.326 e. The summed E-state index contributed by atoms with van der Waals surface area (Å²) in [7, 11) is 1.72. The second-order valence-corrected chi connectivity index (χ2v) is 6.62. The number of imidazole rings is 1. The quantitative estimate of drug-likeness (QED) is 0.945. The largest absolute Gasteiger partial charge is 0.326 e. The number of fused-ring (bicyclic) bond motifs is 1. The normalized spacial score (nSPS) is 18.6. The molecule has 0 saturated carbocycles. The van der Waals surface area contributed by atoms with Crippen molar-refractivity contribution in [2.24, 2.45) is 7.05 Å². The van der Waals surface area contributed by atoms with E-state index in [1.54, 1.807) is 17.7 Å². The van der Waals surface area contributed by atoms with Gasteiger partial charge in [-0.05, 0) is 24.6 Å². The van der Waals surface area contributed by atoms with Gasteiger partial charge in [-0.2, -0.15) is 0 Å². The van der Waals surface area contributed by atoms with E-state index in [1.165, 1.54) is 0 Å². The number of carbonyl (C=O) groups excluding carboxylic acids is 1. The molecule has 0 unspecified atom stereocenters. The molecule has 1 aromatic heterocycles. The Balaban J connectivity index is 1.92. The highest BCUT2D eigenvalue weighted by atomic mass is 32.2. The monoisotopic (exact) mass is 305 g/mol. The molecule has 6 heteroatoms. The molecule has 2 aromatic rings. The fraction of sp³-hybridized carbons (Fsp3) is 0.467. The Morgan fingerprint density at radius 2 is 2.29 bits per heavy atom. The molecule has 3 rings (SSSR count). The number of aromatic amines is 1. The zero-order valence-electron chi connectivity index (χ0n) is 12.3. The van der Waals surface area contributed by atoms with Crippen molar-refractivity contribution < 1.29 is 4.79 Å². The van der Waals surface area contributed by atoms with Gasteiger partial charge < -0.3 is 9.88 Å². The minimum absolute atomic E-state index is 0.0602. The number of benzene rings is 1. The second-order valence-electron chi connectivity index (χ2n) is 5.33. The molecule has 0 spiro atoms. The lowest BCUT2D eigenvalue weighted by atomic mass is 10.1. The van der Waals surface area contributed by atoms with Gasteiger partial charge in [0.15, 0.2) is 0 Å². The maximum Gasteiger partial charge on any atom is 0.326 e. The van der Waals surface area contributed by atoms with Crippen LogP contribution in [0.4, 0.5) is 0 Å². The number of rotatable bonds is 3. The summed E-state index contributed by atoms with van der Waals surface area (Å²) in [5.74, 6) is 1.06. The van der Waals surface area contributed by atoms with E-state index >= 15 is 0 Å². The Morgan fingerprint density at radius 3 is 3.05 bits per heavy atom. The first-order valence-corrected chi connectivity index (χ1v) is 8.28. The number of thioether (sulfide) groups is 1. The summed E-state index contributed by atoms with van der Waals surface area (Å²) in [6.07, 6.45) is 2.10. The van der Waals surface area contributed by atoms with Crippen LogP contribution in [0.5, 0.6) is 0 Å². The van der Waals surface area contributed by atoms with E-state index in [2.05, 4.69) is 11.9 Å². The lowest BCUT2D eigenvalue weighted by Gasteiger charge is -2.23. The Hall–Kier alpha value is -1.69. The lowest BCUT2D eigenvalue weighted by molar-refractivity contribution is 0.0756. The molecule has 1 amide bonds. The van der Waals surface area contributed by atoms with Gasteiger partial charge in [0.25, 0.3) is 5.91 Å². The molecular weight excluding hydrogens is 286 g/mol. The van der Waals surface area contributed by atoms with Crippen molar-refractivity contribution in [3.8, 4) is 0 Å². The van der Waals surface area contributed by atoms with Gasteiger partial charge in [-0.3, -0.25) is 9.36 Å². The highest BCUT2D eigenvalue weighted by Crippen LogP contribution is 2.29. The van der Waals surface area contributed by atoms with E-state index < -0.39 is 0 Å². The van der Waals surface area contributed by atoms with Crippen LogP contribution in [0.1, 0.15) is 30.1 Å². The molecule has 0 bridgehead atoms. The number of carbonyl (C=O) groups is 1. The molecule has 5 nitrogen and oxygen atoms in total. The van der Waals surface area contributed by atoms with Crippen molar-refractivity contribution in [3.63, 3.8) is 0 Å². The lowest BCUT2D eigenvalue weighted by Crippen LogP contribution is -2.34. The number of nitrogens with zero attached hydrogens (tertiary/aromatic N) is 2. The van der Waals surface area contributed by atoms with Crippen molar-refractivity contribution in [1.29, 1.82) is 0 Å². The Bertz CT molecular complexity index is 734. The number of aromatic nitrogens is 2. The van der Waals surface area contributed by atoms with E-state index in [4.69, 9.17) is 0 Å². The molecule has 1 aliphatic rings. The molecule has 0 aliphatic carbocycles. The van der Waals surface area contributed by atoms with Crippen molar-refractivity contribution >= 4 is 28.7 Å². The van der Waals surface area contributed by atoms with Crippen LogP contribution < -0.4 is 5.69 Å². The zero-order chi connectivity index (χ0) is 15.0. The molecule has 1 aromatic carbocycles. The van der Waals surface area contributed by atoms with Crippen LogP contribution in [0.2, 0.25) is 0 Å². The predicted octanol–water partition coefficient (Wildman–Crippen LogP) is 2.18. The fourth-order valence-corrected chi connectivity index (χ4v) is 4.13. The first-order chi connectivity index (χ1) is 10.1. The van der Waals surface area contributed by atoms with Crippen molar-refractivity contribution in [2.75, 3.05) is 12.3 Å². The molecule has 2 heterocycles.